The molecule has 0 unspecified atom stereocenters. The molecule has 0 spiro atoms. The van der Waals surface area contributed by atoms with Gasteiger partial charge in [0.15, 0.2) is 11.5 Å². The first-order chi connectivity index (χ1) is 19.0. The molecule has 0 aliphatic carbocycles. The molecule has 8 heteroatoms. The molecule has 1 aliphatic heterocycles. The van der Waals surface area contributed by atoms with Gasteiger partial charge in [-0.25, -0.2) is 4.98 Å². The van der Waals surface area contributed by atoms with Crippen LogP contribution in [0.5, 0.6) is 17.2 Å². The minimum atomic E-state index is -0.0459. The number of fused-ring (bicyclic) bond motifs is 1. The highest BCUT2D eigenvalue weighted by Gasteiger charge is 2.20. The maximum Gasteiger partial charge on any atom is 0.253 e. The van der Waals surface area contributed by atoms with Gasteiger partial charge >= 0.3 is 0 Å². The van der Waals surface area contributed by atoms with Crippen molar-refractivity contribution in [2.45, 2.75) is 18.9 Å². The summed E-state index contributed by atoms with van der Waals surface area (Å²) in [5.41, 5.74) is 3.31. The zero-order chi connectivity index (χ0) is 27.4. The minimum absolute atomic E-state index is 0.0459. The van der Waals surface area contributed by atoms with Crippen LogP contribution >= 0.6 is 0 Å². The van der Waals surface area contributed by atoms with Crippen molar-refractivity contribution in [3.63, 3.8) is 0 Å². The van der Waals surface area contributed by atoms with Crippen LogP contribution in [0.3, 0.4) is 0 Å². The van der Waals surface area contributed by atoms with Crippen molar-refractivity contribution in [1.29, 1.82) is 0 Å². The molecule has 2 N–H and O–H groups in total. The Morgan fingerprint density at radius 3 is 2.46 bits per heavy atom. The fourth-order valence-electron chi connectivity index (χ4n) is 4.88. The molecule has 0 saturated carbocycles. The minimum Gasteiger partial charge on any atom is -0.493 e. The number of aromatic nitrogens is 1. The molecule has 39 heavy (non-hydrogen) atoms. The molecular formula is C31H34N4O4. The van der Waals surface area contributed by atoms with E-state index in [0.717, 1.165) is 59.3 Å². The molecule has 1 aliphatic rings. The number of hydrogen-bond acceptors (Lipinski definition) is 7. The Morgan fingerprint density at radius 1 is 0.949 bits per heavy atom. The molecule has 2 heterocycles. The number of rotatable bonds is 8. The number of nitrogens with one attached hydrogen (secondary N) is 2. The highest BCUT2D eigenvalue weighted by molar-refractivity contribution is 6.02. The van der Waals surface area contributed by atoms with E-state index in [1.165, 1.54) is 0 Å². The van der Waals surface area contributed by atoms with Crippen LogP contribution in [-0.4, -0.2) is 63.3 Å². The summed E-state index contributed by atoms with van der Waals surface area (Å²) < 4.78 is 17.4. The van der Waals surface area contributed by atoms with Gasteiger partial charge < -0.3 is 29.7 Å². The lowest BCUT2D eigenvalue weighted by Gasteiger charge is -2.26. The Balaban J connectivity index is 1.61. The van der Waals surface area contributed by atoms with Crippen molar-refractivity contribution in [2.75, 3.05) is 46.7 Å². The van der Waals surface area contributed by atoms with Gasteiger partial charge in [-0.15, -0.1) is 0 Å². The van der Waals surface area contributed by atoms with Gasteiger partial charge in [0.25, 0.3) is 5.91 Å². The summed E-state index contributed by atoms with van der Waals surface area (Å²) in [6, 6.07) is 19.5. The van der Waals surface area contributed by atoms with Crippen molar-refractivity contribution < 1.29 is 19.0 Å². The van der Waals surface area contributed by atoms with Gasteiger partial charge in [-0.3, -0.25) is 4.79 Å². The van der Waals surface area contributed by atoms with Crippen LogP contribution in [0.2, 0.25) is 0 Å². The first-order valence-corrected chi connectivity index (χ1v) is 13.1. The van der Waals surface area contributed by atoms with Gasteiger partial charge in [0.2, 0.25) is 0 Å². The van der Waals surface area contributed by atoms with E-state index in [1.54, 1.807) is 33.2 Å². The molecule has 4 aromatic rings. The van der Waals surface area contributed by atoms with E-state index in [0.29, 0.717) is 22.9 Å². The average Bonchev–Trinajstić information content (AvgIpc) is 2.97. The van der Waals surface area contributed by atoms with E-state index in [-0.39, 0.29) is 12.0 Å². The smallest absolute Gasteiger partial charge is 0.253 e. The van der Waals surface area contributed by atoms with E-state index >= 15 is 0 Å². The van der Waals surface area contributed by atoms with Crippen LogP contribution in [0.25, 0.3) is 21.9 Å². The zero-order valence-electron chi connectivity index (χ0n) is 22.8. The lowest BCUT2D eigenvalue weighted by molar-refractivity contribution is 0.0827. The average molecular weight is 527 g/mol. The van der Waals surface area contributed by atoms with Gasteiger partial charge in [-0.2, -0.15) is 0 Å². The van der Waals surface area contributed by atoms with E-state index in [1.807, 2.05) is 66.9 Å². The Kier molecular flexibility index (Phi) is 7.84. The highest BCUT2D eigenvalue weighted by Crippen LogP contribution is 2.40. The van der Waals surface area contributed by atoms with Gasteiger partial charge in [-0.1, -0.05) is 12.1 Å². The third kappa shape index (κ3) is 5.76. The zero-order valence-corrected chi connectivity index (χ0v) is 22.8. The summed E-state index contributed by atoms with van der Waals surface area (Å²) in [4.78, 5) is 19.0. The predicted octanol–water partition coefficient (Wildman–Crippen LogP) is 5.50. The molecule has 0 bridgehead atoms. The largest absolute Gasteiger partial charge is 0.493 e. The van der Waals surface area contributed by atoms with E-state index in [9.17, 15) is 4.79 Å². The Hall–Kier alpha value is -4.30. The van der Waals surface area contributed by atoms with Crippen LogP contribution in [0.4, 0.5) is 11.5 Å². The van der Waals surface area contributed by atoms with Crippen LogP contribution in [0.1, 0.15) is 23.2 Å². The number of anilines is 2. The fraction of sp³-hybridized carbons (Fsp3) is 0.290. The van der Waals surface area contributed by atoms with Gasteiger partial charge in [0.05, 0.1) is 14.2 Å². The van der Waals surface area contributed by atoms with Crippen molar-refractivity contribution >= 4 is 28.2 Å². The Bertz CT molecular complexity index is 1480. The predicted molar refractivity (Wildman–Crippen MR) is 155 cm³/mol. The Labute approximate surface area is 228 Å². The summed E-state index contributed by atoms with van der Waals surface area (Å²) in [6.45, 7) is 1.87. The van der Waals surface area contributed by atoms with E-state index < -0.39 is 0 Å². The standard InChI is InChI=1S/C31H34N4O4/c1-35(2)31(36)21-7-5-6-20(16-21)30-25-18-29(34-23-9-11-26(37-3)28(17-23)38-4)33-19-22(25)8-10-27(30)39-24-12-14-32-15-13-24/h5-11,16-19,24,32H,12-15H2,1-4H3,(H,33,34). The van der Waals surface area contributed by atoms with Crippen molar-refractivity contribution in [3.05, 3.63) is 72.4 Å². The lowest BCUT2D eigenvalue weighted by atomic mass is 9.96. The molecule has 1 aromatic heterocycles. The number of nitrogens with zero attached hydrogens (tertiary/aromatic N) is 2. The fourth-order valence-corrected chi connectivity index (χ4v) is 4.88. The van der Waals surface area contributed by atoms with E-state index in [4.69, 9.17) is 14.2 Å². The van der Waals surface area contributed by atoms with Crippen LogP contribution in [-0.2, 0) is 0 Å². The summed E-state index contributed by atoms with van der Waals surface area (Å²) in [7, 11) is 6.75. The van der Waals surface area contributed by atoms with Gasteiger partial charge in [0, 0.05) is 48.6 Å². The van der Waals surface area contributed by atoms with Crippen molar-refractivity contribution in [1.82, 2.24) is 15.2 Å². The first-order valence-electron chi connectivity index (χ1n) is 13.1. The van der Waals surface area contributed by atoms with Gasteiger partial charge in [0.1, 0.15) is 17.7 Å². The van der Waals surface area contributed by atoms with Crippen molar-refractivity contribution in [2.24, 2.45) is 0 Å². The maximum absolute atomic E-state index is 12.8. The second kappa shape index (κ2) is 11.6. The third-order valence-electron chi connectivity index (χ3n) is 6.90. The monoisotopic (exact) mass is 526 g/mol. The van der Waals surface area contributed by atoms with Crippen LogP contribution < -0.4 is 24.8 Å². The summed E-state index contributed by atoms with van der Waals surface area (Å²) >= 11 is 0. The molecule has 1 fully saturated rings. The quantitative estimate of drug-likeness (QED) is 0.314. The number of carbonyl (C=O) groups excluding carboxylic acids is 1. The number of methoxy groups -OCH3 is 2. The molecule has 5 rings (SSSR count). The third-order valence-corrected chi connectivity index (χ3v) is 6.90. The summed E-state index contributed by atoms with van der Waals surface area (Å²) in [6.07, 6.45) is 3.86. The normalized spacial score (nSPS) is 13.6. The number of piperidine rings is 1. The SMILES string of the molecule is COc1ccc(Nc2cc3c(-c4cccc(C(=O)N(C)C)c4)c(OC4CCNCC4)ccc3cn2)cc1OC. The molecule has 1 saturated heterocycles. The molecule has 0 atom stereocenters. The van der Waals surface area contributed by atoms with Crippen molar-refractivity contribution in [3.8, 4) is 28.4 Å². The number of amides is 1. The summed E-state index contributed by atoms with van der Waals surface area (Å²) in [5, 5.41) is 8.74. The molecule has 3 aromatic carbocycles. The van der Waals surface area contributed by atoms with Crippen LogP contribution in [0.15, 0.2) is 66.9 Å². The number of ether oxygens (including phenoxy) is 3. The topological polar surface area (TPSA) is 85.0 Å². The number of carbonyl (C=O) groups is 1. The number of pyridine rings is 1. The molecule has 202 valence electrons. The lowest BCUT2D eigenvalue weighted by Crippen LogP contribution is -2.34. The second-order valence-electron chi connectivity index (χ2n) is 9.77. The van der Waals surface area contributed by atoms with E-state index in [2.05, 4.69) is 15.6 Å². The molecule has 8 nitrogen and oxygen atoms in total. The summed E-state index contributed by atoms with van der Waals surface area (Å²) in [5.74, 6) is 2.71. The number of hydrogen-bond donors (Lipinski definition) is 2. The second-order valence-corrected chi connectivity index (χ2v) is 9.77. The first kappa shape index (κ1) is 26.3. The van der Waals surface area contributed by atoms with Crippen LogP contribution in [0, 0.1) is 0 Å². The molecule has 1 amide bonds. The maximum atomic E-state index is 12.8. The molecular weight excluding hydrogens is 492 g/mol. The number of benzene rings is 3. The molecule has 0 radical (unpaired) electrons. The van der Waals surface area contributed by atoms with Gasteiger partial charge in [-0.05, 0) is 79.3 Å². The highest BCUT2D eigenvalue weighted by atomic mass is 16.5. The Morgan fingerprint density at radius 2 is 1.72 bits per heavy atom.